The number of hydrogen-bond acceptors (Lipinski definition) is 3. The third-order valence-electron chi connectivity index (χ3n) is 6.35. The van der Waals surface area contributed by atoms with Gasteiger partial charge in [-0.2, -0.15) is 0 Å². The highest BCUT2D eigenvalue weighted by Gasteiger charge is 2.44. The van der Waals surface area contributed by atoms with Crippen LogP contribution in [0.3, 0.4) is 0 Å². The van der Waals surface area contributed by atoms with Crippen molar-refractivity contribution in [2.45, 2.75) is 111 Å². The molecule has 0 bridgehead atoms. The van der Waals surface area contributed by atoms with E-state index < -0.39 is 11.4 Å². The quantitative estimate of drug-likeness (QED) is 0.280. The van der Waals surface area contributed by atoms with Crippen LogP contribution in [0.15, 0.2) is 0 Å². The monoisotopic (exact) mass is 382 g/mol. The second kappa shape index (κ2) is 13.2. The molecule has 1 fully saturated rings. The van der Waals surface area contributed by atoms with Gasteiger partial charge in [-0.25, -0.2) is 0 Å². The van der Waals surface area contributed by atoms with Crippen molar-refractivity contribution < 1.29 is 19.4 Å². The Bertz CT molecular complexity index is 424. The van der Waals surface area contributed by atoms with Crippen molar-refractivity contribution in [3.8, 4) is 0 Å². The van der Waals surface area contributed by atoms with Gasteiger partial charge in [-0.05, 0) is 50.9 Å². The van der Waals surface area contributed by atoms with Gasteiger partial charge < -0.3 is 9.84 Å². The third-order valence-corrected chi connectivity index (χ3v) is 6.35. The van der Waals surface area contributed by atoms with Crippen molar-refractivity contribution in [3.63, 3.8) is 0 Å². The van der Waals surface area contributed by atoms with E-state index in [-0.39, 0.29) is 11.9 Å². The Hall–Kier alpha value is -1.06. The molecule has 0 aromatic rings. The van der Waals surface area contributed by atoms with Crippen molar-refractivity contribution in [2.75, 3.05) is 6.61 Å². The lowest BCUT2D eigenvalue weighted by molar-refractivity contribution is -0.163. The molecule has 0 radical (unpaired) electrons. The maximum Gasteiger partial charge on any atom is 0.312 e. The molecule has 0 spiro atoms. The van der Waals surface area contributed by atoms with E-state index in [2.05, 4.69) is 20.8 Å². The first-order valence-electron chi connectivity index (χ1n) is 11.4. The summed E-state index contributed by atoms with van der Waals surface area (Å²) < 4.78 is 5.87. The Morgan fingerprint density at radius 2 is 1.59 bits per heavy atom. The summed E-state index contributed by atoms with van der Waals surface area (Å²) in [6.07, 6.45) is 13.7. The molecule has 4 nitrogen and oxygen atoms in total. The molecular formula is C23H42O4. The Morgan fingerprint density at radius 1 is 0.963 bits per heavy atom. The van der Waals surface area contributed by atoms with Gasteiger partial charge in [-0.3, -0.25) is 9.59 Å². The van der Waals surface area contributed by atoms with Crippen LogP contribution in [0.5, 0.6) is 0 Å². The van der Waals surface area contributed by atoms with Crippen molar-refractivity contribution in [1.82, 2.24) is 0 Å². The highest BCUT2D eigenvalue weighted by Crippen LogP contribution is 2.44. The fourth-order valence-corrected chi connectivity index (χ4v) is 4.44. The summed E-state index contributed by atoms with van der Waals surface area (Å²) in [5.41, 5.74) is -0.443. The van der Waals surface area contributed by atoms with Gasteiger partial charge in [0.2, 0.25) is 0 Å². The van der Waals surface area contributed by atoms with Crippen LogP contribution in [0.2, 0.25) is 0 Å². The fourth-order valence-electron chi connectivity index (χ4n) is 4.44. The van der Waals surface area contributed by atoms with Crippen LogP contribution >= 0.6 is 0 Å². The number of hydrogen-bond donors (Lipinski definition) is 1. The van der Waals surface area contributed by atoms with E-state index in [0.29, 0.717) is 38.2 Å². The lowest BCUT2D eigenvalue weighted by atomic mass is 9.68. The van der Waals surface area contributed by atoms with E-state index in [4.69, 9.17) is 4.74 Å². The maximum atomic E-state index is 13.1. The van der Waals surface area contributed by atoms with Crippen LogP contribution in [0.25, 0.3) is 0 Å². The molecule has 0 aliphatic heterocycles. The predicted octanol–water partition coefficient (Wildman–Crippen LogP) is 6.37. The van der Waals surface area contributed by atoms with Crippen LogP contribution in [-0.4, -0.2) is 23.7 Å². The number of carboxylic acids is 1. The SMILES string of the molecule is CCCCCC(CCC)COC(=O)C1(CCCCC)CCC(C(=O)O)CC1. The first-order valence-corrected chi connectivity index (χ1v) is 11.4. The van der Waals surface area contributed by atoms with Crippen LogP contribution < -0.4 is 0 Å². The van der Waals surface area contributed by atoms with Crippen molar-refractivity contribution in [3.05, 3.63) is 0 Å². The minimum Gasteiger partial charge on any atom is -0.481 e. The zero-order valence-corrected chi connectivity index (χ0v) is 17.9. The normalized spacial score (nSPS) is 23.7. The number of unbranched alkanes of at least 4 members (excludes halogenated alkanes) is 4. The molecule has 1 aliphatic rings. The summed E-state index contributed by atoms with van der Waals surface area (Å²) in [6.45, 7) is 7.10. The summed E-state index contributed by atoms with van der Waals surface area (Å²) in [5, 5.41) is 9.28. The van der Waals surface area contributed by atoms with Gasteiger partial charge in [-0.15, -0.1) is 0 Å². The van der Waals surface area contributed by atoms with Gasteiger partial charge in [-0.1, -0.05) is 65.7 Å². The van der Waals surface area contributed by atoms with Crippen LogP contribution in [0.1, 0.15) is 111 Å². The Labute approximate surface area is 166 Å². The third kappa shape index (κ3) is 8.23. The van der Waals surface area contributed by atoms with E-state index in [1.165, 1.54) is 19.3 Å². The minimum absolute atomic E-state index is 0.0564. The molecule has 0 amide bonds. The van der Waals surface area contributed by atoms with Crippen LogP contribution in [0, 0.1) is 17.3 Å². The standard InChI is InChI=1S/C23H42O4/c1-4-7-9-12-19(11-6-3)18-27-22(26)23(15-10-8-5-2)16-13-20(14-17-23)21(24)25/h19-20H,4-18H2,1-3H3,(H,24,25). The highest BCUT2D eigenvalue weighted by molar-refractivity contribution is 5.78. The zero-order valence-electron chi connectivity index (χ0n) is 17.9. The minimum atomic E-state index is -0.718. The Kier molecular flexibility index (Phi) is 11.7. The second-order valence-electron chi connectivity index (χ2n) is 8.60. The van der Waals surface area contributed by atoms with Gasteiger partial charge in [0, 0.05) is 0 Å². The van der Waals surface area contributed by atoms with E-state index in [1.54, 1.807) is 0 Å². The molecule has 0 aromatic heterocycles. The van der Waals surface area contributed by atoms with E-state index in [9.17, 15) is 14.7 Å². The molecule has 1 aliphatic carbocycles. The Morgan fingerprint density at radius 3 is 2.15 bits per heavy atom. The highest BCUT2D eigenvalue weighted by atomic mass is 16.5. The maximum absolute atomic E-state index is 13.1. The first kappa shape index (κ1) is 24.0. The summed E-state index contributed by atoms with van der Waals surface area (Å²) >= 11 is 0. The van der Waals surface area contributed by atoms with Gasteiger partial charge in [0.25, 0.3) is 0 Å². The molecule has 0 saturated heterocycles. The number of rotatable bonds is 14. The fraction of sp³-hybridized carbons (Fsp3) is 0.913. The molecular weight excluding hydrogens is 340 g/mol. The number of ether oxygens (including phenoxy) is 1. The summed E-state index contributed by atoms with van der Waals surface area (Å²) in [6, 6.07) is 0. The summed E-state index contributed by atoms with van der Waals surface area (Å²) in [7, 11) is 0. The molecule has 1 atom stereocenters. The molecule has 1 saturated carbocycles. The van der Waals surface area contributed by atoms with E-state index in [0.717, 1.165) is 44.9 Å². The smallest absolute Gasteiger partial charge is 0.312 e. The lowest BCUT2D eigenvalue weighted by Gasteiger charge is -2.37. The van der Waals surface area contributed by atoms with Crippen molar-refractivity contribution in [1.29, 1.82) is 0 Å². The van der Waals surface area contributed by atoms with Crippen LogP contribution in [-0.2, 0) is 14.3 Å². The molecule has 1 N–H and O–H groups in total. The number of carboxylic acid groups (broad SMARTS) is 1. The molecule has 158 valence electrons. The van der Waals surface area contributed by atoms with E-state index in [1.807, 2.05) is 0 Å². The van der Waals surface area contributed by atoms with Crippen molar-refractivity contribution >= 4 is 11.9 Å². The number of carbonyl (C=O) groups excluding carboxylic acids is 1. The second-order valence-corrected chi connectivity index (χ2v) is 8.60. The molecule has 1 unspecified atom stereocenters. The zero-order chi connectivity index (χ0) is 20.1. The molecule has 1 rings (SSSR count). The van der Waals surface area contributed by atoms with E-state index >= 15 is 0 Å². The van der Waals surface area contributed by atoms with Crippen molar-refractivity contribution in [2.24, 2.45) is 17.3 Å². The number of aliphatic carboxylic acids is 1. The van der Waals surface area contributed by atoms with Crippen LogP contribution in [0.4, 0.5) is 0 Å². The molecule has 0 aromatic carbocycles. The molecule has 27 heavy (non-hydrogen) atoms. The lowest BCUT2D eigenvalue weighted by Crippen LogP contribution is -2.39. The van der Waals surface area contributed by atoms with Gasteiger partial charge >= 0.3 is 11.9 Å². The number of esters is 1. The molecule has 4 heteroatoms. The Balaban J connectivity index is 2.65. The topological polar surface area (TPSA) is 63.6 Å². The molecule has 0 heterocycles. The number of carbonyl (C=O) groups is 2. The first-order chi connectivity index (χ1) is 13.0. The summed E-state index contributed by atoms with van der Waals surface area (Å²) in [4.78, 5) is 24.4. The summed E-state index contributed by atoms with van der Waals surface area (Å²) in [5.74, 6) is -0.601. The largest absolute Gasteiger partial charge is 0.481 e. The average Bonchev–Trinajstić information content (AvgIpc) is 2.66. The van der Waals surface area contributed by atoms with Gasteiger partial charge in [0.15, 0.2) is 0 Å². The average molecular weight is 383 g/mol. The van der Waals surface area contributed by atoms with Gasteiger partial charge in [0.1, 0.15) is 0 Å². The predicted molar refractivity (Wildman–Crippen MR) is 110 cm³/mol. The van der Waals surface area contributed by atoms with Gasteiger partial charge in [0.05, 0.1) is 17.9 Å².